The van der Waals surface area contributed by atoms with Crippen LogP contribution in [0.4, 0.5) is 5.69 Å². The Labute approximate surface area is 125 Å². The highest BCUT2D eigenvalue weighted by atomic mass is 16.4. The van der Waals surface area contributed by atoms with Crippen LogP contribution in [0.3, 0.4) is 0 Å². The number of nitrogens with zero attached hydrogens (tertiary/aromatic N) is 1. The Balaban J connectivity index is 2.13. The predicted molar refractivity (Wildman–Crippen MR) is 81.5 cm³/mol. The Morgan fingerprint density at radius 2 is 2.10 bits per heavy atom. The van der Waals surface area contributed by atoms with E-state index in [9.17, 15) is 14.7 Å². The van der Waals surface area contributed by atoms with Crippen molar-refractivity contribution in [3.05, 3.63) is 29.8 Å². The van der Waals surface area contributed by atoms with Gasteiger partial charge in [0.1, 0.15) is 0 Å². The number of carbonyl (C=O) groups is 2. The van der Waals surface area contributed by atoms with Gasteiger partial charge in [-0.25, -0.2) is 0 Å². The van der Waals surface area contributed by atoms with E-state index in [0.717, 1.165) is 11.3 Å². The molecule has 1 aromatic rings. The summed E-state index contributed by atoms with van der Waals surface area (Å²) in [5, 5.41) is 12.5. The van der Waals surface area contributed by atoms with Crippen molar-refractivity contribution >= 4 is 17.6 Å². The highest BCUT2D eigenvalue weighted by molar-refractivity contribution is 5.96. The third-order valence-electron chi connectivity index (χ3n) is 3.73. The number of rotatable bonds is 5. The highest BCUT2D eigenvalue weighted by Gasteiger charge is 2.31. The van der Waals surface area contributed by atoms with Gasteiger partial charge >= 0.3 is 5.97 Å². The number of carbonyl (C=O) groups excluding carboxylic acids is 1. The molecule has 1 atom stereocenters. The first kappa shape index (κ1) is 15.5. The highest BCUT2D eigenvalue weighted by Crippen LogP contribution is 2.35. The Morgan fingerprint density at radius 3 is 2.76 bits per heavy atom. The zero-order valence-electron chi connectivity index (χ0n) is 12.5. The number of benzene rings is 1. The molecule has 0 aromatic heterocycles. The first-order valence-corrected chi connectivity index (χ1v) is 7.36. The zero-order valence-corrected chi connectivity index (χ0v) is 12.5. The number of carboxylic acid groups (broad SMARTS) is 1. The maximum atomic E-state index is 12.4. The van der Waals surface area contributed by atoms with E-state index >= 15 is 0 Å². The number of carboxylic acids is 1. The zero-order chi connectivity index (χ0) is 15.4. The van der Waals surface area contributed by atoms with Crippen LogP contribution in [0.1, 0.15) is 38.2 Å². The van der Waals surface area contributed by atoms with Crippen LogP contribution in [0.25, 0.3) is 0 Å². The standard InChI is InChI=1S/C16H22N2O3/c1-11(2)17-9-7-15(19)18-10-8-13(16(20)21)12-5-3-4-6-14(12)18/h3-6,11,13,17H,7-10H2,1-2H3,(H,20,21). The van der Waals surface area contributed by atoms with E-state index in [1.165, 1.54) is 0 Å². The summed E-state index contributed by atoms with van der Waals surface area (Å²) < 4.78 is 0. The fraction of sp³-hybridized carbons (Fsp3) is 0.500. The number of para-hydroxylation sites is 1. The van der Waals surface area contributed by atoms with E-state index in [4.69, 9.17) is 0 Å². The summed E-state index contributed by atoms with van der Waals surface area (Å²) in [6.45, 7) is 5.18. The van der Waals surface area contributed by atoms with Crippen molar-refractivity contribution in [3.63, 3.8) is 0 Å². The molecule has 1 aliphatic rings. The van der Waals surface area contributed by atoms with E-state index in [2.05, 4.69) is 5.32 Å². The molecule has 1 amide bonds. The van der Waals surface area contributed by atoms with E-state index < -0.39 is 11.9 Å². The molecule has 0 bridgehead atoms. The van der Waals surface area contributed by atoms with Crippen molar-refractivity contribution in [2.75, 3.05) is 18.0 Å². The summed E-state index contributed by atoms with van der Waals surface area (Å²) in [6.07, 6.45) is 0.889. The van der Waals surface area contributed by atoms with Crippen molar-refractivity contribution in [2.24, 2.45) is 0 Å². The van der Waals surface area contributed by atoms with Gasteiger partial charge in [0.05, 0.1) is 5.92 Å². The third kappa shape index (κ3) is 3.61. The maximum absolute atomic E-state index is 12.4. The normalized spacial score (nSPS) is 17.7. The van der Waals surface area contributed by atoms with Crippen LogP contribution >= 0.6 is 0 Å². The van der Waals surface area contributed by atoms with Gasteiger partial charge in [0.15, 0.2) is 0 Å². The second-order valence-electron chi connectivity index (χ2n) is 5.64. The van der Waals surface area contributed by atoms with Crippen LogP contribution in [0.5, 0.6) is 0 Å². The monoisotopic (exact) mass is 290 g/mol. The van der Waals surface area contributed by atoms with Gasteiger partial charge in [0, 0.05) is 31.2 Å². The molecule has 0 radical (unpaired) electrons. The van der Waals surface area contributed by atoms with Crippen molar-refractivity contribution in [3.8, 4) is 0 Å². The van der Waals surface area contributed by atoms with Gasteiger partial charge in [0.25, 0.3) is 0 Å². The number of fused-ring (bicyclic) bond motifs is 1. The number of anilines is 1. The van der Waals surface area contributed by atoms with Crippen LogP contribution in [0, 0.1) is 0 Å². The molecule has 0 saturated heterocycles. The maximum Gasteiger partial charge on any atom is 0.311 e. The second-order valence-corrected chi connectivity index (χ2v) is 5.64. The smallest absolute Gasteiger partial charge is 0.311 e. The molecule has 2 rings (SSSR count). The van der Waals surface area contributed by atoms with E-state index in [1.54, 1.807) is 11.0 Å². The minimum absolute atomic E-state index is 0.0411. The molecule has 1 heterocycles. The summed E-state index contributed by atoms with van der Waals surface area (Å²) in [6, 6.07) is 7.65. The topological polar surface area (TPSA) is 69.6 Å². The van der Waals surface area contributed by atoms with E-state index in [0.29, 0.717) is 32.0 Å². The van der Waals surface area contributed by atoms with Gasteiger partial charge in [-0.2, -0.15) is 0 Å². The third-order valence-corrected chi connectivity index (χ3v) is 3.73. The number of hydrogen-bond acceptors (Lipinski definition) is 3. The first-order chi connectivity index (χ1) is 10.0. The minimum atomic E-state index is -0.823. The van der Waals surface area contributed by atoms with Crippen LogP contribution < -0.4 is 10.2 Å². The largest absolute Gasteiger partial charge is 0.481 e. The fourth-order valence-corrected chi connectivity index (χ4v) is 2.68. The summed E-state index contributed by atoms with van der Waals surface area (Å²) in [5.41, 5.74) is 1.48. The summed E-state index contributed by atoms with van der Waals surface area (Å²) in [4.78, 5) is 25.4. The average molecular weight is 290 g/mol. The predicted octanol–water partition coefficient (Wildman–Crippen LogP) is 1.98. The number of hydrogen-bond donors (Lipinski definition) is 2. The fourth-order valence-electron chi connectivity index (χ4n) is 2.68. The Hall–Kier alpha value is -1.88. The lowest BCUT2D eigenvalue weighted by atomic mass is 9.90. The van der Waals surface area contributed by atoms with Crippen LogP contribution in [-0.2, 0) is 9.59 Å². The van der Waals surface area contributed by atoms with Crippen molar-refractivity contribution in [1.29, 1.82) is 0 Å². The lowest BCUT2D eigenvalue weighted by Crippen LogP contribution is -2.39. The average Bonchev–Trinajstić information content (AvgIpc) is 2.45. The lowest BCUT2D eigenvalue weighted by Gasteiger charge is -2.32. The van der Waals surface area contributed by atoms with Gasteiger partial charge in [0.2, 0.25) is 5.91 Å². The summed E-state index contributed by atoms with van der Waals surface area (Å²) >= 11 is 0. The molecule has 1 unspecified atom stereocenters. The molecular formula is C16H22N2O3. The molecule has 0 spiro atoms. The van der Waals surface area contributed by atoms with Gasteiger partial charge in [-0.1, -0.05) is 32.0 Å². The van der Waals surface area contributed by atoms with E-state index in [1.807, 2.05) is 32.0 Å². The summed E-state index contributed by atoms with van der Waals surface area (Å²) in [5.74, 6) is -1.30. The quantitative estimate of drug-likeness (QED) is 0.870. The van der Waals surface area contributed by atoms with Gasteiger partial charge in [-0.15, -0.1) is 0 Å². The number of nitrogens with one attached hydrogen (secondary N) is 1. The molecule has 21 heavy (non-hydrogen) atoms. The minimum Gasteiger partial charge on any atom is -0.481 e. The first-order valence-electron chi connectivity index (χ1n) is 7.36. The Morgan fingerprint density at radius 1 is 1.38 bits per heavy atom. The molecule has 1 aromatic carbocycles. The Bertz CT molecular complexity index is 528. The molecule has 114 valence electrons. The molecule has 0 aliphatic carbocycles. The molecule has 5 heteroatoms. The summed E-state index contributed by atoms with van der Waals surface area (Å²) in [7, 11) is 0. The number of aliphatic carboxylic acids is 1. The van der Waals surface area contributed by atoms with Crippen LogP contribution in [0.15, 0.2) is 24.3 Å². The van der Waals surface area contributed by atoms with Crippen LogP contribution in [-0.4, -0.2) is 36.1 Å². The van der Waals surface area contributed by atoms with Gasteiger partial charge in [-0.05, 0) is 18.1 Å². The second kappa shape index (κ2) is 6.72. The molecule has 2 N–H and O–H groups in total. The van der Waals surface area contributed by atoms with E-state index in [-0.39, 0.29) is 5.91 Å². The molecule has 1 aliphatic heterocycles. The molecule has 0 saturated carbocycles. The molecule has 0 fully saturated rings. The lowest BCUT2D eigenvalue weighted by molar-refractivity contribution is -0.139. The van der Waals surface area contributed by atoms with Gasteiger partial charge < -0.3 is 15.3 Å². The van der Waals surface area contributed by atoms with Gasteiger partial charge in [-0.3, -0.25) is 9.59 Å². The van der Waals surface area contributed by atoms with Crippen LogP contribution in [0.2, 0.25) is 0 Å². The SMILES string of the molecule is CC(C)NCCC(=O)N1CCC(C(=O)O)c2ccccc21. The molecule has 5 nitrogen and oxygen atoms in total. The van der Waals surface area contributed by atoms with Crippen molar-refractivity contribution in [2.45, 2.75) is 38.6 Å². The van der Waals surface area contributed by atoms with Crippen molar-refractivity contribution in [1.82, 2.24) is 5.32 Å². The Kier molecular flexibility index (Phi) is 4.96. The van der Waals surface area contributed by atoms with Crippen molar-refractivity contribution < 1.29 is 14.7 Å². The molecular weight excluding hydrogens is 268 g/mol. The number of amides is 1.